The highest BCUT2D eigenvalue weighted by Gasteiger charge is 2.20. The summed E-state index contributed by atoms with van der Waals surface area (Å²) < 4.78 is 15.5. The van der Waals surface area contributed by atoms with Gasteiger partial charge in [-0.25, -0.2) is 14.4 Å². The van der Waals surface area contributed by atoms with Gasteiger partial charge in [0.25, 0.3) is 0 Å². The molecule has 0 saturated carbocycles. The van der Waals surface area contributed by atoms with Gasteiger partial charge in [0, 0.05) is 40.2 Å². The van der Waals surface area contributed by atoms with Gasteiger partial charge in [0.15, 0.2) is 11.5 Å². The molecule has 8 heteroatoms. The van der Waals surface area contributed by atoms with Crippen LogP contribution in [0.15, 0.2) is 66.4 Å². The van der Waals surface area contributed by atoms with Crippen molar-refractivity contribution >= 4 is 33.4 Å². The van der Waals surface area contributed by atoms with E-state index in [4.69, 9.17) is 0 Å². The zero-order valence-corrected chi connectivity index (χ0v) is 16.2. The minimum absolute atomic E-state index is 0.365. The normalized spacial score (nSPS) is 11.5. The first-order valence-corrected chi connectivity index (χ1v) is 10.1. The molecule has 6 nitrogen and oxygen atoms in total. The van der Waals surface area contributed by atoms with Crippen molar-refractivity contribution in [1.29, 1.82) is 0 Å². The first-order valence-electron chi connectivity index (χ1n) is 9.25. The molecule has 0 aliphatic carbocycles. The number of benzene rings is 1. The molecule has 0 fully saturated rings. The van der Waals surface area contributed by atoms with Gasteiger partial charge in [-0.3, -0.25) is 10.1 Å². The van der Waals surface area contributed by atoms with Gasteiger partial charge in [-0.2, -0.15) is 5.10 Å². The number of hydrogen-bond donors (Lipinski definition) is 2. The number of thiophene rings is 1. The highest BCUT2D eigenvalue weighted by molar-refractivity contribution is 7.13. The molecule has 0 amide bonds. The topological polar surface area (TPSA) is 83.1 Å². The van der Waals surface area contributed by atoms with Crippen LogP contribution < -0.4 is 0 Å². The summed E-state index contributed by atoms with van der Waals surface area (Å²) in [4.78, 5) is 17.5. The fourth-order valence-corrected chi connectivity index (χ4v) is 4.41. The molecule has 0 aliphatic heterocycles. The summed E-state index contributed by atoms with van der Waals surface area (Å²) >= 11 is 1.64. The predicted octanol–water partition coefficient (Wildman–Crippen LogP) is 5.43. The lowest BCUT2D eigenvalue weighted by Gasteiger charge is -2.04. The Kier molecular flexibility index (Phi) is 3.72. The molecular formula is C22H13FN6S. The highest BCUT2D eigenvalue weighted by Crippen LogP contribution is 2.35. The molecule has 6 aromatic rings. The van der Waals surface area contributed by atoms with Crippen LogP contribution in [0.1, 0.15) is 0 Å². The van der Waals surface area contributed by atoms with Gasteiger partial charge in [-0.1, -0.05) is 12.1 Å². The fraction of sp³-hybridized carbons (Fsp3) is 0. The van der Waals surface area contributed by atoms with Crippen molar-refractivity contribution in [3.8, 4) is 33.1 Å². The van der Waals surface area contributed by atoms with Crippen molar-refractivity contribution in [2.45, 2.75) is 0 Å². The second-order valence-corrected chi connectivity index (χ2v) is 7.73. The van der Waals surface area contributed by atoms with Crippen LogP contribution in [-0.4, -0.2) is 30.1 Å². The third-order valence-corrected chi connectivity index (χ3v) is 5.95. The predicted molar refractivity (Wildman–Crippen MR) is 115 cm³/mol. The molecule has 0 bridgehead atoms. The molecular weight excluding hydrogens is 399 g/mol. The quantitative estimate of drug-likeness (QED) is 0.406. The maximum absolute atomic E-state index is 15.5. The van der Waals surface area contributed by atoms with Gasteiger partial charge >= 0.3 is 0 Å². The van der Waals surface area contributed by atoms with Gasteiger partial charge in [0.1, 0.15) is 11.5 Å². The summed E-state index contributed by atoms with van der Waals surface area (Å²) in [5.41, 5.74) is 4.56. The highest BCUT2D eigenvalue weighted by atomic mass is 32.1. The number of nitrogens with zero attached hydrogens (tertiary/aromatic N) is 4. The molecule has 5 heterocycles. The number of H-pyrrole nitrogens is 2. The number of imidazole rings is 1. The Balaban J connectivity index is 1.57. The average molecular weight is 412 g/mol. The van der Waals surface area contributed by atoms with Gasteiger partial charge in [-0.15, -0.1) is 11.3 Å². The Morgan fingerprint density at radius 3 is 2.77 bits per heavy atom. The van der Waals surface area contributed by atoms with Crippen LogP contribution in [0, 0.1) is 5.82 Å². The van der Waals surface area contributed by atoms with Crippen LogP contribution in [0.2, 0.25) is 0 Å². The second-order valence-electron chi connectivity index (χ2n) is 6.78. The van der Waals surface area contributed by atoms with Crippen LogP contribution in [0.5, 0.6) is 0 Å². The lowest BCUT2D eigenvalue weighted by atomic mass is 10.0. The Bertz CT molecular complexity index is 1500. The molecule has 1 aromatic carbocycles. The molecule has 5 aromatic heterocycles. The average Bonchev–Trinajstić information content (AvgIpc) is 3.53. The van der Waals surface area contributed by atoms with E-state index in [1.54, 1.807) is 42.1 Å². The van der Waals surface area contributed by atoms with Crippen LogP contribution in [0.25, 0.3) is 55.2 Å². The summed E-state index contributed by atoms with van der Waals surface area (Å²) in [5.74, 6) is 0.103. The number of pyridine rings is 2. The Hall–Kier alpha value is -3.91. The number of nitrogens with one attached hydrogen (secondary N) is 2. The van der Waals surface area contributed by atoms with Crippen LogP contribution >= 0.6 is 11.3 Å². The van der Waals surface area contributed by atoms with E-state index in [0.717, 1.165) is 16.0 Å². The van der Waals surface area contributed by atoms with Crippen LogP contribution in [-0.2, 0) is 0 Å². The molecule has 0 unspecified atom stereocenters. The molecule has 144 valence electrons. The number of aromatic nitrogens is 6. The summed E-state index contributed by atoms with van der Waals surface area (Å²) in [6, 6.07) is 13.1. The van der Waals surface area contributed by atoms with Gasteiger partial charge in [0.05, 0.1) is 16.4 Å². The van der Waals surface area contributed by atoms with Crippen LogP contribution in [0.4, 0.5) is 4.39 Å². The summed E-state index contributed by atoms with van der Waals surface area (Å²) in [6.45, 7) is 0. The molecule has 30 heavy (non-hydrogen) atoms. The van der Waals surface area contributed by atoms with E-state index < -0.39 is 0 Å². The van der Waals surface area contributed by atoms with E-state index in [2.05, 4.69) is 30.1 Å². The van der Waals surface area contributed by atoms with Crippen molar-refractivity contribution in [3.63, 3.8) is 0 Å². The van der Waals surface area contributed by atoms with E-state index in [-0.39, 0.29) is 5.82 Å². The number of halogens is 1. The standard InChI is InChI=1S/C22H13FN6S/c23-18-13(12-3-1-8-24-11-12)5-6-15-17(18)20(29-28-15)22-26-19-14(16-4-2-10-30-16)7-9-25-21(19)27-22/h1-11H,(H,28,29)(H,25,26,27). The van der Waals surface area contributed by atoms with Crippen molar-refractivity contribution in [2.24, 2.45) is 0 Å². The molecule has 0 saturated heterocycles. The third-order valence-electron chi connectivity index (χ3n) is 5.04. The first-order chi connectivity index (χ1) is 14.8. The van der Waals surface area contributed by atoms with Crippen molar-refractivity contribution in [1.82, 2.24) is 30.1 Å². The molecule has 0 aliphatic rings. The lowest BCUT2D eigenvalue weighted by Crippen LogP contribution is -1.89. The minimum atomic E-state index is -0.365. The summed E-state index contributed by atoms with van der Waals surface area (Å²) in [5, 5.41) is 9.66. The van der Waals surface area contributed by atoms with Crippen molar-refractivity contribution in [2.75, 3.05) is 0 Å². The Labute approximate surface area is 173 Å². The Morgan fingerprint density at radius 1 is 0.967 bits per heavy atom. The number of aromatic amines is 2. The SMILES string of the molecule is Fc1c(-c2cccnc2)ccc2[nH]nc(-c3nc4nccc(-c5cccs5)c4[nH]3)c12. The summed E-state index contributed by atoms with van der Waals surface area (Å²) in [6.07, 6.45) is 5.03. The maximum Gasteiger partial charge on any atom is 0.178 e. The maximum atomic E-state index is 15.5. The monoisotopic (exact) mass is 412 g/mol. The Morgan fingerprint density at radius 2 is 1.93 bits per heavy atom. The zero-order valence-electron chi connectivity index (χ0n) is 15.4. The van der Waals surface area contributed by atoms with Gasteiger partial charge in [-0.05, 0) is 35.7 Å². The van der Waals surface area contributed by atoms with Crippen molar-refractivity contribution < 1.29 is 4.39 Å². The zero-order chi connectivity index (χ0) is 20.1. The third kappa shape index (κ3) is 2.54. The smallest absolute Gasteiger partial charge is 0.178 e. The van der Waals surface area contributed by atoms with Gasteiger partial charge < -0.3 is 4.98 Å². The lowest BCUT2D eigenvalue weighted by molar-refractivity contribution is 0.643. The molecule has 0 spiro atoms. The van der Waals surface area contributed by atoms with E-state index in [0.29, 0.717) is 39.2 Å². The molecule has 2 N–H and O–H groups in total. The van der Waals surface area contributed by atoms with E-state index in [9.17, 15) is 0 Å². The van der Waals surface area contributed by atoms with Crippen molar-refractivity contribution in [3.05, 3.63) is 72.3 Å². The van der Waals surface area contributed by atoms with E-state index >= 15 is 4.39 Å². The first kappa shape index (κ1) is 17.0. The molecule has 0 atom stereocenters. The number of fused-ring (bicyclic) bond motifs is 2. The number of rotatable bonds is 3. The largest absolute Gasteiger partial charge is 0.335 e. The number of hydrogen-bond acceptors (Lipinski definition) is 5. The molecule has 6 rings (SSSR count). The van der Waals surface area contributed by atoms with E-state index in [1.807, 2.05) is 35.7 Å². The minimum Gasteiger partial charge on any atom is -0.335 e. The van der Waals surface area contributed by atoms with Crippen LogP contribution in [0.3, 0.4) is 0 Å². The molecule has 0 radical (unpaired) electrons. The van der Waals surface area contributed by atoms with E-state index in [1.165, 1.54) is 0 Å². The second kappa shape index (κ2) is 6.57. The fourth-order valence-electron chi connectivity index (χ4n) is 3.65. The summed E-state index contributed by atoms with van der Waals surface area (Å²) in [7, 11) is 0. The van der Waals surface area contributed by atoms with Gasteiger partial charge in [0.2, 0.25) is 0 Å².